The molecule has 4 N–H and O–H groups in total. The molecule has 0 aliphatic carbocycles. The molecule has 0 aromatic heterocycles. The number of carbonyl (C=O) groups is 2. The standard InChI is InChI=1S/C8H12O8/c1-7(11,12)15-5(9)3-4-6(10)16-8(2,13)14/h3-4,11-14H,1-2H3/b4-3-. The molecule has 8 heteroatoms. The summed E-state index contributed by atoms with van der Waals surface area (Å²) in [6.07, 6.45) is 1.05. The van der Waals surface area contributed by atoms with E-state index < -0.39 is 23.9 Å². The van der Waals surface area contributed by atoms with Gasteiger partial charge in [0.15, 0.2) is 0 Å². The minimum atomic E-state index is -2.66. The van der Waals surface area contributed by atoms with Gasteiger partial charge in [0.25, 0.3) is 0 Å². The molecule has 0 aromatic rings. The molecule has 0 radical (unpaired) electrons. The van der Waals surface area contributed by atoms with Crippen LogP contribution in [0.25, 0.3) is 0 Å². The Balaban J connectivity index is 4.20. The van der Waals surface area contributed by atoms with E-state index in [4.69, 9.17) is 20.4 Å². The lowest BCUT2D eigenvalue weighted by Gasteiger charge is -2.15. The summed E-state index contributed by atoms with van der Waals surface area (Å²) >= 11 is 0. The Morgan fingerprint density at radius 1 is 0.875 bits per heavy atom. The summed E-state index contributed by atoms with van der Waals surface area (Å²) in [4.78, 5) is 21.5. The summed E-state index contributed by atoms with van der Waals surface area (Å²) in [5.74, 6) is -7.76. The van der Waals surface area contributed by atoms with Crippen molar-refractivity contribution < 1.29 is 39.5 Å². The van der Waals surface area contributed by atoms with Gasteiger partial charge < -0.3 is 29.9 Å². The van der Waals surface area contributed by atoms with E-state index in [1.54, 1.807) is 0 Å². The molecule has 0 spiro atoms. The third kappa shape index (κ3) is 9.09. The lowest BCUT2D eigenvalue weighted by Crippen LogP contribution is -2.31. The average molecular weight is 236 g/mol. The van der Waals surface area contributed by atoms with Crippen molar-refractivity contribution in [1.82, 2.24) is 0 Å². The van der Waals surface area contributed by atoms with E-state index in [1.807, 2.05) is 0 Å². The van der Waals surface area contributed by atoms with Gasteiger partial charge in [-0.25, -0.2) is 9.59 Å². The Morgan fingerprint density at radius 2 is 1.12 bits per heavy atom. The second kappa shape index (κ2) is 5.03. The maximum Gasteiger partial charge on any atom is 0.335 e. The zero-order chi connectivity index (χ0) is 13.0. The fraction of sp³-hybridized carbons (Fsp3) is 0.500. The molecule has 0 bridgehead atoms. The quantitative estimate of drug-likeness (QED) is 0.249. The van der Waals surface area contributed by atoms with Gasteiger partial charge in [-0.1, -0.05) is 0 Å². The van der Waals surface area contributed by atoms with E-state index in [2.05, 4.69) is 9.47 Å². The largest absolute Gasteiger partial charge is 0.405 e. The highest BCUT2D eigenvalue weighted by Gasteiger charge is 2.21. The van der Waals surface area contributed by atoms with Gasteiger partial charge in [0, 0.05) is 26.0 Å². The molecule has 0 rings (SSSR count). The molecule has 16 heavy (non-hydrogen) atoms. The van der Waals surface area contributed by atoms with Crippen molar-refractivity contribution in [2.24, 2.45) is 0 Å². The maximum atomic E-state index is 10.8. The third-order valence-electron chi connectivity index (χ3n) is 0.943. The van der Waals surface area contributed by atoms with Gasteiger partial charge in [-0.05, 0) is 0 Å². The van der Waals surface area contributed by atoms with Crippen LogP contribution in [-0.2, 0) is 19.1 Å². The van der Waals surface area contributed by atoms with Crippen molar-refractivity contribution in [2.75, 3.05) is 0 Å². The van der Waals surface area contributed by atoms with Crippen LogP contribution in [0.4, 0.5) is 0 Å². The predicted octanol–water partition coefficient (Wildman–Crippen LogP) is -2.05. The first-order valence-corrected chi connectivity index (χ1v) is 4.03. The summed E-state index contributed by atoms with van der Waals surface area (Å²) in [7, 11) is 0. The summed E-state index contributed by atoms with van der Waals surface area (Å²) in [5.41, 5.74) is 0. The molecule has 0 unspecified atom stereocenters. The lowest BCUT2D eigenvalue weighted by molar-refractivity contribution is -0.306. The Hall–Kier alpha value is -1.48. The molecule has 8 nitrogen and oxygen atoms in total. The summed E-state index contributed by atoms with van der Waals surface area (Å²) < 4.78 is 7.94. The van der Waals surface area contributed by atoms with Gasteiger partial charge in [-0.3, -0.25) is 0 Å². The first-order valence-electron chi connectivity index (χ1n) is 4.03. The average Bonchev–Trinajstić information content (AvgIpc) is 1.94. The Bertz CT molecular complexity index is 262. The molecule has 92 valence electrons. The van der Waals surface area contributed by atoms with Crippen molar-refractivity contribution in [3.05, 3.63) is 12.2 Å². The van der Waals surface area contributed by atoms with Gasteiger partial charge in [0.2, 0.25) is 0 Å². The number of hydrogen-bond acceptors (Lipinski definition) is 8. The molecule has 0 atom stereocenters. The summed E-state index contributed by atoms with van der Waals surface area (Å²) in [6.45, 7) is 1.57. The topological polar surface area (TPSA) is 134 Å². The minimum Gasteiger partial charge on any atom is -0.405 e. The third-order valence-corrected chi connectivity index (χ3v) is 0.943. The molecule has 0 aromatic carbocycles. The van der Waals surface area contributed by atoms with Crippen molar-refractivity contribution in [3.63, 3.8) is 0 Å². The van der Waals surface area contributed by atoms with Crippen LogP contribution in [0.1, 0.15) is 13.8 Å². The second-order valence-corrected chi connectivity index (χ2v) is 3.04. The lowest BCUT2D eigenvalue weighted by atomic mass is 10.5. The Kier molecular flexibility index (Phi) is 4.57. The van der Waals surface area contributed by atoms with Gasteiger partial charge in [0.1, 0.15) is 0 Å². The van der Waals surface area contributed by atoms with Crippen LogP contribution in [0.3, 0.4) is 0 Å². The van der Waals surface area contributed by atoms with Crippen LogP contribution in [0, 0.1) is 0 Å². The van der Waals surface area contributed by atoms with Gasteiger partial charge in [-0.15, -0.1) is 0 Å². The SMILES string of the molecule is CC(O)(O)OC(=O)/C=C\C(=O)OC(C)(O)O. The molecule has 0 amide bonds. The van der Waals surface area contributed by atoms with Crippen LogP contribution in [0.2, 0.25) is 0 Å². The monoisotopic (exact) mass is 236 g/mol. The van der Waals surface area contributed by atoms with Crippen molar-refractivity contribution in [1.29, 1.82) is 0 Å². The number of rotatable bonds is 4. The first-order chi connectivity index (χ1) is 6.99. The highest BCUT2D eigenvalue weighted by molar-refractivity contribution is 5.91. The zero-order valence-electron chi connectivity index (χ0n) is 8.58. The van der Waals surface area contributed by atoms with E-state index in [-0.39, 0.29) is 0 Å². The zero-order valence-corrected chi connectivity index (χ0v) is 8.58. The van der Waals surface area contributed by atoms with Crippen LogP contribution < -0.4 is 0 Å². The summed E-state index contributed by atoms with van der Waals surface area (Å²) in [5, 5.41) is 34.5. The van der Waals surface area contributed by atoms with Crippen molar-refractivity contribution >= 4 is 11.9 Å². The summed E-state index contributed by atoms with van der Waals surface area (Å²) in [6, 6.07) is 0. The molecule has 0 saturated heterocycles. The number of esters is 2. The van der Waals surface area contributed by atoms with E-state index in [0.29, 0.717) is 12.2 Å². The predicted molar refractivity (Wildman–Crippen MR) is 47.0 cm³/mol. The number of ether oxygens (including phenoxy) is 2. The fourth-order valence-corrected chi connectivity index (χ4v) is 0.585. The van der Waals surface area contributed by atoms with Crippen molar-refractivity contribution in [2.45, 2.75) is 25.8 Å². The smallest absolute Gasteiger partial charge is 0.335 e. The molecular weight excluding hydrogens is 224 g/mol. The molecular formula is C8H12O8. The first kappa shape index (κ1) is 14.5. The molecule has 0 heterocycles. The van der Waals surface area contributed by atoms with Crippen LogP contribution in [0.15, 0.2) is 12.2 Å². The highest BCUT2D eigenvalue weighted by Crippen LogP contribution is 2.02. The second-order valence-electron chi connectivity index (χ2n) is 3.04. The molecule has 0 fully saturated rings. The Morgan fingerprint density at radius 3 is 1.31 bits per heavy atom. The van der Waals surface area contributed by atoms with Crippen LogP contribution >= 0.6 is 0 Å². The van der Waals surface area contributed by atoms with E-state index >= 15 is 0 Å². The van der Waals surface area contributed by atoms with Gasteiger partial charge in [0.05, 0.1) is 0 Å². The normalized spacial score (nSPS) is 12.6. The van der Waals surface area contributed by atoms with E-state index in [1.165, 1.54) is 0 Å². The molecule has 0 aliphatic heterocycles. The van der Waals surface area contributed by atoms with Gasteiger partial charge >= 0.3 is 23.9 Å². The highest BCUT2D eigenvalue weighted by atomic mass is 16.8. The number of hydrogen-bond donors (Lipinski definition) is 4. The number of aliphatic hydroxyl groups is 4. The van der Waals surface area contributed by atoms with Crippen LogP contribution in [0.5, 0.6) is 0 Å². The van der Waals surface area contributed by atoms with Gasteiger partial charge in [-0.2, -0.15) is 0 Å². The van der Waals surface area contributed by atoms with E-state index in [9.17, 15) is 9.59 Å². The minimum absolute atomic E-state index is 0.527. The van der Waals surface area contributed by atoms with Crippen molar-refractivity contribution in [3.8, 4) is 0 Å². The molecule has 0 saturated carbocycles. The fourth-order valence-electron chi connectivity index (χ4n) is 0.585. The molecule has 0 aliphatic rings. The van der Waals surface area contributed by atoms with Crippen LogP contribution in [-0.4, -0.2) is 44.3 Å². The number of carbonyl (C=O) groups excluding carboxylic acids is 2. The van der Waals surface area contributed by atoms with E-state index in [0.717, 1.165) is 13.8 Å². The maximum absolute atomic E-state index is 10.8. The Labute approximate surface area is 90.3 Å².